The standard InChI is InChI=1S/C22H40O6S/c1-18(2)16-28-20(23)11-9-7-5-3-4-6-8-10-14-29-17-19(22(24)25)15-21-26-12-13-27-21/h18-19,21H,3-17H2,1-2H3,(H,24,25). The van der Waals surface area contributed by atoms with Gasteiger partial charge in [0, 0.05) is 18.6 Å². The number of esters is 1. The molecule has 1 heterocycles. The van der Waals surface area contributed by atoms with Crippen molar-refractivity contribution in [1.29, 1.82) is 0 Å². The highest BCUT2D eigenvalue weighted by Gasteiger charge is 2.26. The van der Waals surface area contributed by atoms with Crippen LogP contribution in [0.4, 0.5) is 0 Å². The van der Waals surface area contributed by atoms with Crippen molar-refractivity contribution in [2.75, 3.05) is 31.3 Å². The average molecular weight is 433 g/mol. The van der Waals surface area contributed by atoms with Gasteiger partial charge in [0.05, 0.1) is 25.7 Å². The van der Waals surface area contributed by atoms with E-state index in [0.29, 0.717) is 44.3 Å². The minimum Gasteiger partial charge on any atom is -0.481 e. The minimum atomic E-state index is -0.759. The number of hydrogen-bond donors (Lipinski definition) is 1. The molecule has 29 heavy (non-hydrogen) atoms. The van der Waals surface area contributed by atoms with E-state index < -0.39 is 11.9 Å². The highest BCUT2D eigenvalue weighted by Crippen LogP contribution is 2.20. The van der Waals surface area contributed by atoms with E-state index in [1.54, 1.807) is 11.8 Å². The van der Waals surface area contributed by atoms with E-state index in [9.17, 15) is 14.7 Å². The number of rotatable bonds is 18. The van der Waals surface area contributed by atoms with Crippen molar-refractivity contribution in [1.82, 2.24) is 0 Å². The molecule has 0 aromatic carbocycles. The summed E-state index contributed by atoms with van der Waals surface area (Å²) in [6.07, 6.45) is 9.84. The largest absolute Gasteiger partial charge is 0.481 e. The van der Waals surface area contributed by atoms with Crippen molar-refractivity contribution in [2.45, 2.75) is 84.3 Å². The number of unbranched alkanes of at least 4 members (excludes halogenated alkanes) is 7. The first-order chi connectivity index (χ1) is 14.0. The number of carboxylic acids is 1. The van der Waals surface area contributed by atoms with Gasteiger partial charge >= 0.3 is 11.9 Å². The Kier molecular flexibility index (Phi) is 15.3. The monoisotopic (exact) mass is 432 g/mol. The van der Waals surface area contributed by atoms with Gasteiger partial charge in [-0.05, 0) is 24.5 Å². The average Bonchev–Trinajstić information content (AvgIpc) is 3.19. The second kappa shape index (κ2) is 16.9. The summed E-state index contributed by atoms with van der Waals surface area (Å²) in [5, 5.41) is 9.32. The van der Waals surface area contributed by atoms with Crippen LogP contribution in [-0.2, 0) is 23.8 Å². The SMILES string of the molecule is CC(C)COC(=O)CCCCCCCCCCSCC(CC1OCCO1)C(=O)O. The molecule has 1 aliphatic heterocycles. The number of carbonyl (C=O) groups is 2. The van der Waals surface area contributed by atoms with Crippen molar-refractivity contribution < 1.29 is 28.9 Å². The molecule has 0 aromatic heterocycles. The fraction of sp³-hybridized carbons (Fsp3) is 0.909. The smallest absolute Gasteiger partial charge is 0.307 e. The summed E-state index contributed by atoms with van der Waals surface area (Å²) in [6, 6.07) is 0. The summed E-state index contributed by atoms with van der Waals surface area (Å²) in [5.74, 6) is 0.810. The van der Waals surface area contributed by atoms with Crippen LogP contribution in [0.1, 0.15) is 78.1 Å². The molecule has 1 aliphatic rings. The van der Waals surface area contributed by atoms with Crippen LogP contribution in [0.5, 0.6) is 0 Å². The lowest BCUT2D eigenvalue weighted by molar-refractivity contribution is -0.145. The molecule has 170 valence electrons. The third kappa shape index (κ3) is 14.8. The number of hydrogen-bond acceptors (Lipinski definition) is 6. The van der Waals surface area contributed by atoms with Crippen molar-refractivity contribution >= 4 is 23.7 Å². The van der Waals surface area contributed by atoms with E-state index in [1.165, 1.54) is 32.1 Å². The summed E-state index contributed by atoms with van der Waals surface area (Å²) in [4.78, 5) is 22.9. The first kappa shape index (κ1) is 26.2. The Morgan fingerprint density at radius 1 is 1.00 bits per heavy atom. The van der Waals surface area contributed by atoms with E-state index in [1.807, 2.05) is 13.8 Å². The summed E-state index contributed by atoms with van der Waals surface area (Å²) in [6.45, 7) is 5.74. The molecule has 0 amide bonds. The van der Waals surface area contributed by atoms with E-state index in [0.717, 1.165) is 25.0 Å². The van der Waals surface area contributed by atoms with E-state index >= 15 is 0 Å². The Bertz CT molecular complexity index is 437. The van der Waals surface area contributed by atoms with Gasteiger partial charge in [-0.25, -0.2) is 0 Å². The molecule has 1 fully saturated rings. The number of thioether (sulfide) groups is 1. The normalized spacial score (nSPS) is 15.7. The first-order valence-corrected chi connectivity index (χ1v) is 12.3. The molecule has 1 rings (SSSR count). The molecule has 0 bridgehead atoms. The predicted octanol–water partition coefficient (Wildman–Crippen LogP) is 4.89. The lowest BCUT2D eigenvalue weighted by Crippen LogP contribution is -2.23. The van der Waals surface area contributed by atoms with Crippen molar-refractivity contribution in [3.8, 4) is 0 Å². The molecule has 0 radical (unpaired) electrons. The Balaban J connectivity index is 1.86. The summed E-state index contributed by atoms with van der Waals surface area (Å²) in [5.41, 5.74) is 0. The van der Waals surface area contributed by atoms with Gasteiger partial charge in [-0.1, -0.05) is 52.4 Å². The van der Waals surface area contributed by atoms with Gasteiger partial charge in [0.2, 0.25) is 0 Å². The van der Waals surface area contributed by atoms with Crippen LogP contribution in [0.15, 0.2) is 0 Å². The van der Waals surface area contributed by atoms with Crippen molar-refractivity contribution in [3.63, 3.8) is 0 Å². The van der Waals surface area contributed by atoms with Crippen LogP contribution in [0, 0.1) is 11.8 Å². The van der Waals surface area contributed by atoms with E-state index in [-0.39, 0.29) is 12.3 Å². The second-order valence-corrected chi connectivity index (χ2v) is 9.32. The van der Waals surface area contributed by atoms with Crippen molar-refractivity contribution in [3.05, 3.63) is 0 Å². The quantitative estimate of drug-likeness (QED) is 0.244. The molecule has 1 saturated heterocycles. The maximum absolute atomic E-state index is 11.5. The third-order valence-electron chi connectivity index (χ3n) is 4.83. The highest BCUT2D eigenvalue weighted by molar-refractivity contribution is 7.99. The van der Waals surface area contributed by atoms with Gasteiger partial charge in [0.1, 0.15) is 0 Å². The zero-order valence-electron chi connectivity index (χ0n) is 18.2. The number of carboxylic acid groups (broad SMARTS) is 1. The highest BCUT2D eigenvalue weighted by atomic mass is 32.2. The van der Waals surface area contributed by atoms with Gasteiger partial charge in [-0.3, -0.25) is 9.59 Å². The van der Waals surface area contributed by atoms with Crippen LogP contribution in [0.25, 0.3) is 0 Å². The fourth-order valence-electron chi connectivity index (χ4n) is 3.11. The zero-order chi connectivity index (χ0) is 21.3. The molecule has 0 spiro atoms. The topological polar surface area (TPSA) is 82.1 Å². The molecular formula is C22H40O6S. The first-order valence-electron chi connectivity index (χ1n) is 11.2. The van der Waals surface area contributed by atoms with E-state index in [4.69, 9.17) is 14.2 Å². The van der Waals surface area contributed by atoms with Gasteiger partial charge < -0.3 is 19.3 Å². The number of aliphatic carboxylic acids is 1. The molecule has 1 N–H and O–H groups in total. The van der Waals surface area contributed by atoms with Crippen molar-refractivity contribution in [2.24, 2.45) is 11.8 Å². The molecule has 0 aliphatic carbocycles. The summed E-state index contributed by atoms with van der Waals surface area (Å²) in [7, 11) is 0. The minimum absolute atomic E-state index is 0.0652. The van der Waals surface area contributed by atoms with Gasteiger partial charge in [0.25, 0.3) is 0 Å². The molecule has 1 unspecified atom stereocenters. The van der Waals surface area contributed by atoms with Crippen LogP contribution >= 0.6 is 11.8 Å². The zero-order valence-corrected chi connectivity index (χ0v) is 19.1. The third-order valence-corrected chi connectivity index (χ3v) is 6.05. The Labute approximate surface area is 180 Å². The molecule has 7 heteroatoms. The Hall–Kier alpha value is -0.790. The summed E-state index contributed by atoms with van der Waals surface area (Å²) < 4.78 is 15.9. The van der Waals surface area contributed by atoms with Gasteiger partial charge in [-0.15, -0.1) is 0 Å². The fourth-order valence-corrected chi connectivity index (χ4v) is 4.25. The Morgan fingerprint density at radius 3 is 2.17 bits per heavy atom. The molecule has 0 saturated carbocycles. The van der Waals surface area contributed by atoms with Crippen LogP contribution in [0.2, 0.25) is 0 Å². The molecule has 6 nitrogen and oxygen atoms in total. The second-order valence-electron chi connectivity index (χ2n) is 8.17. The number of carbonyl (C=O) groups excluding carboxylic acids is 1. The lowest BCUT2D eigenvalue weighted by atomic mass is 10.1. The summed E-state index contributed by atoms with van der Waals surface area (Å²) >= 11 is 1.72. The van der Waals surface area contributed by atoms with Crippen LogP contribution in [-0.4, -0.2) is 54.7 Å². The van der Waals surface area contributed by atoms with Gasteiger partial charge in [-0.2, -0.15) is 11.8 Å². The molecule has 1 atom stereocenters. The van der Waals surface area contributed by atoms with E-state index in [2.05, 4.69) is 0 Å². The number of ether oxygens (including phenoxy) is 3. The lowest BCUT2D eigenvalue weighted by Gasteiger charge is -2.15. The maximum Gasteiger partial charge on any atom is 0.307 e. The van der Waals surface area contributed by atoms with Crippen LogP contribution < -0.4 is 0 Å². The molecular weight excluding hydrogens is 392 g/mol. The Morgan fingerprint density at radius 2 is 1.59 bits per heavy atom. The predicted molar refractivity (Wildman–Crippen MR) is 116 cm³/mol. The maximum atomic E-state index is 11.5. The van der Waals surface area contributed by atoms with Gasteiger partial charge in [0.15, 0.2) is 6.29 Å². The molecule has 0 aromatic rings. The van der Waals surface area contributed by atoms with Crippen LogP contribution in [0.3, 0.4) is 0 Å².